The van der Waals surface area contributed by atoms with Gasteiger partial charge in [0.25, 0.3) is 0 Å². The lowest BCUT2D eigenvalue weighted by atomic mass is 10.0. The van der Waals surface area contributed by atoms with Gasteiger partial charge in [0.2, 0.25) is 5.91 Å². The molecule has 0 saturated carbocycles. The molecule has 0 spiro atoms. The lowest BCUT2D eigenvalue weighted by Crippen LogP contribution is -2.45. The Bertz CT molecular complexity index is 734. The first-order chi connectivity index (χ1) is 12.1. The quantitative estimate of drug-likeness (QED) is 0.862. The van der Waals surface area contributed by atoms with Crippen LogP contribution in [0.25, 0.3) is 0 Å². The zero-order valence-corrected chi connectivity index (χ0v) is 13.8. The van der Waals surface area contributed by atoms with Crippen LogP contribution in [0.5, 0.6) is 0 Å². The molecule has 1 unspecified atom stereocenters. The fraction of sp³-hybridized carbons (Fsp3) is 0.333. The lowest BCUT2D eigenvalue weighted by Gasteiger charge is -2.33. The summed E-state index contributed by atoms with van der Waals surface area (Å²) in [6, 6.07) is 9.80. The van der Waals surface area contributed by atoms with Crippen LogP contribution in [0.4, 0.5) is 5.82 Å². The number of likely N-dealkylation sites (tertiary alicyclic amines) is 1. The number of nitrogens with one attached hydrogen (secondary N) is 1. The van der Waals surface area contributed by atoms with E-state index in [1.54, 1.807) is 0 Å². The normalized spacial score (nSPS) is 17.1. The number of hydrogen-bond acceptors (Lipinski definition) is 5. The van der Waals surface area contributed by atoms with Crippen LogP contribution < -0.4 is 5.32 Å². The molecule has 1 aromatic carbocycles. The van der Waals surface area contributed by atoms with Crippen molar-refractivity contribution in [3.63, 3.8) is 0 Å². The maximum Gasteiger partial charge on any atom is 0.356 e. The summed E-state index contributed by atoms with van der Waals surface area (Å²) >= 11 is 0. The topological polar surface area (TPSA) is 95.4 Å². The second kappa shape index (κ2) is 7.74. The number of aromatic nitrogens is 2. The highest BCUT2D eigenvalue weighted by Gasteiger charge is 2.24. The first-order valence-electron chi connectivity index (χ1n) is 8.25. The van der Waals surface area contributed by atoms with Gasteiger partial charge in [-0.15, -0.1) is 0 Å². The molecule has 3 rings (SSSR count). The molecule has 0 bridgehead atoms. The molecule has 1 aliphatic rings. The van der Waals surface area contributed by atoms with E-state index in [4.69, 9.17) is 5.11 Å². The molecular weight excluding hydrogens is 320 g/mol. The van der Waals surface area contributed by atoms with Crippen molar-refractivity contribution in [2.24, 2.45) is 0 Å². The van der Waals surface area contributed by atoms with Gasteiger partial charge >= 0.3 is 5.97 Å². The zero-order chi connectivity index (χ0) is 17.6. The molecule has 7 heteroatoms. The number of nitrogens with zero attached hydrogens (tertiary/aromatic N) is 3. The van der Waals surface area contributed by atoms with E-state index in [1.165, 1.54) is 12.4 Å². The predicted octanol–water partition coefficient (Wildman–Crippen LogP) is 1.82. The fourth-order valence-corrected chi connectivity index (χ4v) is 2.93. The number of rotatable bonds is 5. The molecule has 1 fully saturated rings. The van der Waals surface area contributed by atoms with Crippen LogP contribution in [0.15, 0.2) is 42.7 Å². The summed E-state index contributed by atoms with van der Waals surface area (Å²) in [5.74, 6) is -0.466. The molecule has 0 aliphatic carbocycles. The van der Waals surface area contributed by atoms with E-state index in [0.29, 0.717) is 18.8 Å². The molecule has 2 N–H and O–H groups in total. The van der Waals surface area contributed by atoms with E-state index in [9.17, 15) is 9.59 Å². The van der Waals surface area contributed by atoms with Crippen molar-refractivity contribution in [3.8, 4) is 0 Å². The monoisotopic (exact) mass is 340 g/mol. The third kappa shape index (κ3) is 4.53. The Morgan fingerprint density at radius 2 is 2.00 bits per heavy atom. The molecule has 7 nitrogen and oxygen atoms in total. The molecule has 2 aromatic rings. The van der Waals surface area contributed by atoms with Crippen molar-refractivity contribution in [1.29, 1.82) is 0 Å². The van der Waals surface area contributed by atoms with E-state index in [2.05, 4.69) is 15.3 Å². The average Bonchev–Trinajstić information content (AvgIpc) is 2.63. The summed E-state index contributed by atoms with van der Waals surface area (Å²) in [6.07, 6.45) is 4.89. The van der Waals surface area contributed by atoms with Crippen LogP contribution >= 0.6 is 0 Å². The maximum absolute atomic E-state index is 12.5. The van der Waals surface area contributed by atoms with Crippen LogP contribution in [0, 0.1) is 0 Å². The van der Waals surface area contributed by atoms with Gasteiger partial charge in [-0.3, -0.25) is 4.79 Å². The summed E-state index contributed by atoms with van der Waals surface area (Å²) in [4.78, 5) is 33.1. The summed E-state index contributed by atoms with van der Waals surface area (Å²) in [7, 11) is 0. The minimum atomic E-state index is -1.10. The minimum absolute atomic E-state index is 0.0819. The molecule has 1 aromatic heterocycles. The van der Waals surface area contributed by atoms with Crippen molar-refractivity contribution in [3.05, 3.63) is 54.0 Å². The molecule has 1 aliphatic heterocycles. The highest BCUT2D eigenvalue weighted by Crippen LogP contribution is 2.16. The number of carboxylic acids is 1. The Morgan fingerprint density at radius 3 is 2.68 bits per heavy atom. The van der Waals surface area contributed by atoms with Gasteiger partial charge < -0.3 is 15.3 Å². The van der Waals surface area contributed by atoms with Crippen LogP contribution in [0.3, 0.4) is 0 Å². The number of carbonyl (C=O) groups is 2. The van der Waals surface area contributed by atoms with Gasteiger partial charge in [-0.25, -0.2) is 14.8 Å². The Hall–Kier alpha value is -2.96. The van der Waals surface area contributed by atoms with Crippen LogP contribution in [0.1, 0.15) is 28.9 Å². The number of carboxylic acid groups (broad SMARTS) is 1. The van der Waals surface area contributed by atoms with Crippen molar-refractivity contribution >= 4 is 17.7 Å². The Morgan fingerprint density at radius 1 is 1.20 bits per heavy atom. The van der Waals surface area contributed by atoms with E-state index < -0.39 is 5.97 Å². The van der Waals surface area contributed by atoms with Gasteiger partial charge in [-0.2, -0.15) is 0 Å². The van der Waals surface area contributed by atoms with Gasteiger partial charge in [0, 0.05) is 19.1 Å². The van der Waals surface area contributed by atoms with Gasteiger partial charge in [0.05, 0.1) is 18.8 Å². The number of piperidine rings is 1. The molecule has 1 amide bonds. The van der Waals surface area contributed by atoms with E-state index in [-0.39, 0.29) is 17.6 Å². The Balaban J connectivity index is 1.57. The number of hydrogen-bond donors (Lipinski definition) is 2. The largest absolute Gasteiger partial charge is 0.476 e. The number of amides is 1. The second-order valence-corrected chi connectivity index (χ2v) is 6.08. The molecular formula is C18H20N4O3. The standard InChI is InChI=1S/C18H20N4O3/c23-17(9-13-5-2-1-3-6-13)22-8-4-7-14(12-22)21-16-11-19-15(10-20-16)18(24)25/h1-3,5-6,10-11,14H,4,7-9,12H2,(H,20,21)(H,24,25). The van der Waals surface area contributed by atoms with Crippen molar-refractivity contribution < 1.29 is 14.7 Å². The molecule has 0 radical (unpaired) electrons. The summed E-state index contributed by atoms with van der Waals surface area (Å²) in [5, 5.41) is 12.1. The smallest absolute Gasteiger partial charge is 0.356 e. The van der Waals surface area contributed by atoms with Crippen LogP contribution in [-0.4, -0.2) is 51.0 Å². The number of aromatic carboxylic acids is 1. The van der Waals surface area contributed by atoms with Crippen molar-refractivity contribution in [2.45, 2.75) is 25.3 Å². The van der Waals surface area contributed by atoms with E-state index in [0.717, 1.165) is 24.9 Å². The van der Waals surface area contributed by atoms with Gasteiger partial charge in [-0.05, 0) is 18.4 Å². The van der Waals surface area contributed by atoms with Crippen LogP contribution in [-0.2, 0) is 11.2 Å². The number of carbonyl (C=O) groups excluding carboxylic acids is 1. The van der Waals surface area contributed by atoms with Gasteiger partial charge in [0.1, 0.15) is 5.82 Å². The highest BCUT2D eigenvalue weighted by atomic mass is 16.4. The summed E-state index contributed by atoms with van der Waals surface area (Å²) in [6.45, 7) is 1.36. The van der Waals surface area contributed by atoms with Crippen LogP contribution in [0.2, 0.25) is 0 Å². The predicted molar refractivity (Wildman–Crippen MR) is 92.4 cm³/mol. The molecule has 2 heterocycles. The first kappa shape index (κ1) is 16.9. The van der Waals surface area contributed by atoms with Gasteiger partial charge in [-0.1, -0.05) is 30.3 Å². The number of anilines is 1. The van der Waals surface area contributed by atoms with Crippen molar-refractivity contribution in [2.75, 3.05) is 18.4 Å². The average molecular weight is 340 g/mol. The summed E-state index contributed by atoms with van der Waals surface area (Å²) < 4.78 is 0. The number of benzene rings is 1. The van der Waals surface area contributed by atoms with Gasteiger partial charge in [0.15, 0.2) is 5.69 Å². The lowest BCUT2D eigenvalue weighted by molar-refractivity contribution is -0.131. The Kier molecular flexibility index (Phi) is 5.23. The third-order valence-electron chi connectivity index (χ3n) is 4.20. The minimum Gasteiger partial charge on any atom is -0.476 e. The maximum atomic E-state index is 12.5. The molecule has 1 atom stereocenters. The molecule has 130 valence electrons. The van der Waals surface area contributed by atoms with Crippen molar-refractivity contribution in [1.82, 2.24) is 14.9 Å². The Labute approximate surface area is 145 Å². The first-order valence-corrected chi connectivity index (χ1v) is 8.25. The SMILES string of the molecule is O=C(O)c1cnc(NC2CCCN(C(=O)Cc3ccccc3)C2)cn1. The zero-order valence-electron chi connectivity index (χ0n) is 13.8. The second-order valence-electron chi connectivity index (χ2n) is 6.08. The highest BCUT2D eigenvalue weighted by molar-refractivity contribution is 5.84. The molecule has 25 heavy (non-hydrogen) atoms. The summed E-state index contributed by atoms with van der Waals surface area (Å²) in [5.41, 5.74) is 0.923. The third-order valence-corrected chi connectivity index (χ3v) is 4.20. The van der Waals surface area contributed by atoms with E-state index in [1.807, 2.05) is 35.2 Å². The van der Waals surface area contributed by atoms with E-state index >= 15 is 0 Å². The molecule has 1 saturated heterocycles. The fourth-order valence-electron chi connectivity index (χ4n) is 2.93.